The standard InChI is InChI=1S/C33H27ClN6O/c1-20-16-17-23(19-26(20)34)35-31-33-37-32-29(21(2)38-40(32)24-11-5-4-6-12-24)30(22-10-9-13-25(18-22)41-3)39(33)28-15-8-7-14-27(28)36-31/h4-19,30H,1-3H3,(H,35,36). The van der Waals surface area contributed by atoms with Gasteiger partial charge in [-0.2, -0.15) is 5.10 Å². The summed E-state index contributed by atoms with van der Waals surface area (Å²) in [6.07, 6.45) is 0. The first-order valence-electron chi connectivity index (χ1n) is 13.4. The van der Waals surface area contributed by atoms with Gasteiger partial charge in [-0.05, 0) is 73.5 Å². The minimum Gasteiger partial charge on any atom is -0.497 e. The molecule has 1 N–H and O–H groups in total. The molecule has 2 aliphatic heterocycles. The van der Waals surface area contributed by atoms with Crippen molar-refractivity contribution in [3.05, 3.63) is 124 Å². The molecule has 2 aliphatic rings. The van der Waals surface area contributed by atoms with E-state index in [0.29, 0.717) is 16.7 Å². The molecule has 3 heterocycles. The molecule has 0 aliphatic carbocycles. The van der Waals surface area contributed by atoms with Gasteiger partial charge in [0, 0.05) is 16.3 Å². The molecule has 7 nitrogen and oxygen atoms in total. The summed E-state index contributed by atoms with van der Waals surface area (Å²) >= 11 is 6.50. The Hall–Kier alpha value is -4.88. The first-order valence-corrected chi connectivity index (χ1v) is 13.8. The number of halogens is 1. The lowest BCUT2D eigenvalue weighted by molar-refractivity contribution is 0.414. The number of aryl methyl sites for hydroxylation is 2. The van der Waals surface area contributed by atoms with E-state index < -0.39 is 0 Å². The SMILES string of the molecule is COc1cccc(C2c3c(C)nn(-c4ccccc4)c3N=C3C(Nc4ccc(C)c(Cl)c4)=Nc4ccccc4N32)c1. The van der Waals surface area contributed by atoms with Crippen LogP contribution in [0.5, 0.6) is 5.75 Å². The zero-order valence-corrected chi connectivity index (χ0v) is 23.6. The first kappa shape index (κ1) is 25.1. The highest BCUT2D eigenvalue weighted by Crippen LogP contribution is 2.48. The highest BCUT2D eigenvalue weighted by atomic mass is 35.5. The van der Waals surface area contributed by atoms with Gasteiger partial charge in [0.05, 0.1) is 35.9 Å². The maximum Gasteiger partial charge on any atom is 0.179 e. The number of anilines is 2. The first-order chi connectivity index (χ1) is 20.0. The van der Waals surface area contributed by atoms with E-state index in [0.717, 1.165) is 56.7 Å². The van der Waals surface area contributed by atoms with Gasteiger partial charge in [-0.15, -0.1) is 0 Å². The van der Waals surface area contributed by atoms with E-state index in [4.69, 9.17) is 31.4 Å². The van der Waals surface area contributed by atoms with Crippen molar-refractivity contribution in [2.75, 3.05) is 17.3 Å². The van der Waals surface area contributed by atoms with Crippen molar-refractivity contribution in [2.24, 2.45) is 9.98 Å². The number of aromatic nitrogens is 2. The molecule has 0 saturated heterocycles. The Kier molecular flexibility index (Phi) is 6.09. The number of nitrogens with one attached hydrogen (secondary N) is 1. The van der Waals surface area contributed by atoms with Crippen LogP contribution in [0.3, 0.4) is 0 Å². The molecule has 1 atom stereocenters. The van der Waals surface area contributed by atoms with E-state index in [1.807, 2.05) is 97.4 Å². The molecule has 8 heteroatoms. The summed E-state index contributed by atoms with van der Waals surface area (Å²) in [5.41, 5.74) is 7.57. The summed E-state index contributed by atoms with van der Waals surface area (Å²) in [7, 11) is 1.69. The van der Waals surface area contributed by atoms with Gasteiger partial charge in [0.15, 0.2) is 17.5 Å². The van der Waals surface area contributed by atoms with Gasteiger partial charge in [-0.25, -0.2) is 14.7 Å². The monoisotopic (exact) mass is 558 g/mol. The molecule has 202 valence electrons. The Bertz CT molecular complexity index is 1860. The molecule has 0 amide bonds. The number of nitrogens with zero attached hydrogens (tertiary/aromatic N) is 5. The number of amidine groups is 2. The highest BCUT2D eigenvalue weighted by molar-refractivity contribution is 6.51. The van der Waals surface area contributed by atoms with Crippen LogP contribution in [0.1, 0.15) is 28.4 Å². The third-order valence-corrected chi connectivity index (χ3v) is 7.89. The van der Waals surface area contributed by atoms with Crippen molar-refractivity contribution >= 4 is 46.2 Å². The topological polar surface area (TPSA) is 67.0 Å². The molecular formula is C33H27ClN6O. The zero-order valence-electron chi connectivity index (χ0n) is 22.8. The van der Waals surface area contributed by atoms with Gasteiger partial charge in [-0.1, -0.05) is 60.1 Å². The van der Waals surface area contributed by atoms with E-state index in [1.165, 1.54) is 0 Å². The smallest absolute Gasteiger partial charge is 0.179 e. The van der Waals surface area contributed by atoms with Crippen molar-refractivity contribution < 1.29 is 4.74 Å². The number of ether oxygens (including phenoxy) is 1. The number of hydrogen-bond donors (Lipinski definition) is 1. The normalized spacial score (nSPS) is 15.3. The van der Waals surface area contributed by atoms with E-state index in [-0.39, 0.29) is 6.04 Å². The summed E-state index contributed by atoms with van der Waals surface area (Å²) in [5.74, 6) is 2.87. The number of benzene rings is 4. The minimum absolute atomic E-state index is 0.236. The lowest BCUT2D eigenvalue weighted by Gasteiger charge is -2.40. The molecule has 0 spiro atoms. The van der Waals surface area contributed by atoms with E-state index in [2.05, 4.69) is 28.4 Å². The quantitative estimate of drug-likeness (QED) is 0.243. The summed E-state index contributed by atoms with van der Waals surface area (Å²) in [4.78, 5) is 12.6. The molecule has 0 saturated carbocycles. The largest absolute Gasteiger partial charge is 0.497 e. The molecule has 0 radical (unpaired) electrons. The van der Waals surface area contributed by atoms with Crippen LogP contribution in [0.2, 0.25) is 5.02 Å². The van der Waals surface area contributed by atoms with E-state index in [1.54, 1.807) is 7.11 Å². The van der Waals surface area contributed by atoms with Crippen molar-refractivity contribution in [2.45, 2.75) is 19.9 Å². The predicted molar refractivity (Wildman–Crippen MR) is 166 cm³/mol. The van der Waals surface area contributed by atoms with Crippen LogP contribution in [0, 0.1) is 13.8 Å². The van der Waals surface area contributed by atoms with Crippen LogP contribution in [-0.4, -0.2) is 28.6 Å². The van der Waals surface area contributed by atoms with Crippen LogP contribution < -0.4 is 15.0 Å². The molecule has 41 heavy (non-hydrogen) atoms. The molecule has 0 bridgehead atoms. The van der Waals surface area contributed by atoms with Crippen LogP contribution in [0.15, 0.2) is 107 Å². The summed E-state index contributed by atoms with van der Waals surface area (Å²) in [5, 5.41) is 9.20. The minimum atomic E-state index is -0.236. The Labute approximate surface area is 243 Å². The fourth-order valence-electron chi connectivity index (χ4n) is 5.48. The number of aliphatic imine (C=N–C) groups is 2. The van der Waals surface area contributed by atoms with Crippen molar-refractivity contribution in [3.8, 4) is 11.4 Å². The number of fused-ring (bicyclic) bond motifs is 4. The third-order valence-electron chi connectivity index (χ3n) is 7.48. The maximum absolute atomic E-state index is 6.50. The maximum atomic E-state index is 6.50. The molecule has 1 unspecified atom stereocenters. The van der Waals surface area contributed by atoms with Crippen molar-refractivity contribution in [1.82, 2.24) is 9.78 Å². The fraction of sp³-hybridized carbons (Fsp3) is 0.121. The Morgan fingerprint density at radius 3 is 2.46 bits per heavy atom. The average Bonchev–Trinajstić information content (AvgIpc) is 3.34. The molecule has 7 rings (SSSR count). The van der Waals surface area contributed by atoms with Gasteiger partial charge >= 0.3 is 0 Å². The third kappa shape index (κ3) is 4.26. The average molecular weight is 559 g/mol. The highest BCUT2D eigenvalue weighted by Gasteiger charge is 2.41. The Morgan fingerprint density at radius 2 is 1.66 bits per heavy atom. The summed E-state index contributed by atoms with van der Waals surface area (Å²) in [6, 6.07) is 32.1. The molecule has 1 aromatic heterocycles. The predicted octanol–water partition coefficient (Wildman–Crippen LogP) is 7.95. The lowest BCUT2D eigenvalue weighted by atomic mass is 9.93. The lowest BCUT2D eigenvalue weighted by Crippen LogP contribution is -2.46. The molecule has 4 aromatic carbocycles. The second-order valence-corrected chi connectivity index (χ2v) is 10.5. The van der Waals surface area contributed by atoms with Crippen molar-refractivity contribution in [3.63, 3.8) is 0 Å². The van der Waals surface area contributed by atoms with Crippen molar-refractivity contribution in [1.29, 1.82) is 0 Å². The fourth-order valence-corrected chi connectivity index (χ4v) is 5.66. The van der Waals surface area contributed by atoms with Crippen LogP contribution in [0.4, 0.5) is 22.9 Å². The summed E-state index contributed by atoms with van der Waals surface area (Å²) < 4.78 is 7.57. The number of para-hydroxylation sites is 3. The molecule has 5 aromatic rings. The molecule has 0 fully saturated rings. The van der Waals surface area contributed by atoms with Gasteiger partial charge in [0.25, 0.3) is 0 Å². The second kappa shape index (κ2) is 9.94. The zero-order chi connectivity index (χ0) is 28.1. The van der Waals surface area contributed by atoms with Gasteiger partial charge in [0.1, 0.15) is 5.75 Å². The summed E-state index contributed by atoms with van der Waals surface area (Å²) in [6.45, 7) is 4.03. The van der Waals surface area contributed by atoms with Crippen LogP contribution in [0.25, 0.3) is 5.69 Å². The Balaban J connectivity index is 1.49. The van der Waals surface area contributed by atoms with E-state index >= 15 is 0 Å². The number of rotatable bonds is 4. The second-order valence-electron chi connectivity index (χ2n) is 10.1. The van der Waals surface area contributed by atoms with Gasteiger partial charge in [0.2, 0.25) is 0 Å². The van der Waals surface area contributed by atoms with Crippen LogP contribution in [-0.2, 0) is 0 Å². The Morgan fingerprint density at radius 1 is 0.854 bits per heavy atom. The van der Waals surface area contributed by atoms with Crippen LogP contribution >= 0.6 is 11.6 Å². The molecular weight excluding hydrogens is 532 g/mol. The number of hydrogen-bond acceptors (Lipinski definition) is 6. The number of methoxy groups -OCH3 is 1. The van der Waals surface area contributed by atoms with Gasteiger partial charge < -0.3 is 15.0 Å². The van der Waals surface area contributed by atoms with Gasteiger partial charge in [-0.3, -0.25) is 0 Å². The van der Waals surface area contributed by atoms with E-state index in [9.17, 15) is 0 Å².